The first-order valence-corrected chi connectivity index (χ1v) is 6.34. The molecule has 1 N–H and O–H groups in total. The second-order valence-corrected chi connectivity index (χ2v) is 4.53. The van der Waals surface area contributed by atoms with E-state index in [-0.39, 0.29) is 12.5 Å². The van der Waals surface area contributed by atoms with Crippen molar-refractivity contribution in [3.8, 4) is 0 Å². The van der Waals surface area contributed by atoms with E-state index in [1.165, 1.54) is 0 Å². The third-order valence-electron chi connectivity index (χ3n) is 3.17. The SMILES string of the molecule is COCCn1cccc1C(=O)N(CCO)C1CC1. The second-order valence-electron chi connectivity index (χ2n) is 4.53. The van der Waals surface area contributed by atoms with Gasteiger partial charge in [-0.05, 0) is 25.0 Å². The summed E-state index contributed by atoms with van der Waals surface area (Å²) < 4.78 is 6.93. The van der Waals surface area contributed by atoms with Gasteiger partial charge in [0.2, 0.25) is 0 Å². The Bertz CT molecular complexity index is 399. The Balaban J connectivity index is 2.08. The van der Waals surface area contributed by atoms with Gasteiger partial charge in [-0.3, -0.25) is 4.79 Å². The van der Waals surface area contributed by atoms with Gasteiger partial charge in [0.05, 0.1) is 13.2 Å². The molecule has 1 fully saturated rings. The maximum absolute atomic E-state index is 12.4. The van der Waals surface area contributed by atoms with Gasteiger partial charge in [0.25, 0.3) is 5.91 Å². The number of aliphatic hydroxyl groups excluding tert-OH is 1. The number of aromatic nitrogens is 1. The average Bonchev–Trinajstić information content (AvgIpc) is 3.11. The molecule has 0 unspecified atom stereocenters. The average molecular weight is 252 g/mol. The number of aliphatic hydroxyl groups is 1. The fourth-order valence-electron chi connectivity index (χ4n) is 2.08. The lowest BCUT2D eigenvalue weighted by atomic mass is 10.3. The lowest BCUT2D eigenvalue weighted by Gasteiger charge is -2.22. The van der Waals surface area contributed by atoms with Gasteiger partial charge < -0.3 is 19.3 Å². The molecule has 1 aromatic heterocycles. The predicted octanol–water partition coefficient (Wildman–Crippen LogP) is 0.731. The predicted molar refractivity (Wildman–Crippen MR) is 67.5 cm³/mol. The summed E-state index contributed by atoms with van der Waals surface area (Å²) >= 11 is 0. The second kappa shape index (κ2) is 6.02. The van der Waals surface area contributed by atoms with Crippen LogP contribution in [-0.2, 0) is 11.3 Å². The van der Waals surface area contributed by atoms with E-state index < -0.39 is 0 Å². The van der Waals surface area contributed by atoms with E-state index in [1.54, 1.807) is 12.0 Å². The van der Waals surface area contributed by atoms with Crippen molar-refractivity contribution in [3.05, 3.63) is 24.0 Å². The maximum atomic E-state index is 12.4. The number of ether oxygens (including phenoxy) is 1. The van der Waals surface area contributed by atoms with Gasteiger partial charge in [-0.25, -0.2) is 0 Å². The highest BCUT2D eigenvalue weighted by Crippen LogP contribution is 2.28. The molecule has 0 bridgehead atoms. The van der Waals surface area contributed by atoms with E-state index in [0.29, 0.717) is 31.4 Å². The Kier molecular flexibility index (Phi) is 4.38. The summed E-state index contributed by atoms with van der Waals surface area (Å²) in [5, 5.41) is 9.05. The molecule has 2 rings (SSSR count). The van der Waals surface area contributed by atoms with Crippen molar-refractivity contribution >= 4 is 5.91 Å². The molecule has 0 atom stereocenters. The molecule has 100 valence electrons. The summed E-state index contributed by atoms with van der Waals surface area (Å²) in [5.74, 6) is 0.00709. The van der Waals surface area contributed by atoms with Crippen molar-refractivity contribution in [1.82, 2.24) is 9.47 Å². The minimum atomic E-state index is 0.00709. The molecule has 18 heavy (non-hydrogen) atoms. The highest BCUT2D eigenvalue weighted by molar-refractivity contribution is 5.93. The molecule has 5 heteroatoms. The molecule has 1 aromatic rings. The molecule has 1 amide bonds. The van der Waals surface area contributed by atoms with Crippen molar-refractivity contribution in [3.63, 3.8) is 0 Å². The summed E-state index contributed by atoms with van der Waals surface area (Å²) in [5.41, 5.74) is 0.674. The van der Waals surface area contributed by atoms with Gasteiger partial charge in [0.15, 0.2) is 0 Å². The molecule has 0 aliphatic heterocycles. The molecule has 1 heterocycles. The molecule has 0 spiro atoms. The molecule has 0 saturated heterocycles. The number of carbonyl (C=O) groups excluding carboxylic acids is 1. The molecular weight excluding hydrogens is 232 g/mol. The van der Waals surface area contributed by atoms with Gasteiger partial charge in [-0.1, -0.05) is 0 Å². The van der Waals surface area contributed by atoms with E-state index in [0.717, 1.165) is 12.8 Å². The van der Waals surface area contributed by atoms with Crippen LogP contribution in [0.4, 0.5) is 0 Å². The molecule has 5 nitrogen and oxygen atoms in total. The van der Waals surface area contributed by atoms with Gasteiger partial charge in [-0.2, -0.15) is 0 Å². The molecule has 1 saturated carbocycles. The zero-order valence-electron chi connectivity index (χ0n) is 10.7. The zero-order valence-corrected chi connectivity index (χ0v) is 10.7. The van der Waals surface area contributed by atoms with E-state index >= 15 is 0 Å². The molecule has 0 aromatic carbocycles. The molecular formula is C13H20N2O3. The molecule has 1 aliphatic carbocycles. The van der Waals surface area contributed by atoms with Crippen molar-refractivity contribution in [2.75, 3.05) is 26.9 Å². The smallest absolute Gasteiger partial charge is 0.270 e. The van der Waals surface area contributed by atoms with Crippen LogP contribution in [0.5, 0.6) is 0 Å². The van der Waals surface area contributed by atoms with Crippen molar-refractivity contribution in [2.45, 2.75) is 25.4 Å². The fourth-order valence-corrected chi connectivity index (χ4v) is 2.08. The van der Waals surface area contributed by atoms with Crippen molar-refractivity contribution in [2.24, 2.45) is 0 Å². The molecule has 1 aliphatic rings. The van der Waals surface area contributed by atoms with Crippen molar-refractivity contribution < 1.29 is 14.6 Å². The Morgan fingerprint density at radius 3 is 3.00 bits per heavy atom. The molecule has 0 radical (unpaired) electrons. The van der Waals surface area contributed by atoms with E-state index in [1.807, 2.05) is 22.9 Å². The minimum Gasteiger partial charge on any atom is -0.395 e. The van der Waals surface area contributed by atoms with Gasteiger partial charge in [0, 0.05) is 32.4 Å². The number of hydrogen-bond acceptors (Lipinski definition) is 3. The lowest BCUT2D eigenvalue weighted by Crippen LogP contribution is -2.36. The highest BCUT2D eigenvalue weighted by atomic mass is 16.5. The summed E-state index contributed by atoms with van der Waals surface area (Å²) in [4.78, 5) is 14.2. The van der Waals surface area contributed by atoms with E-state index in [2.05, 4.69) is 0 Å². The van der Waals surface area contributed by atoms with Crippen LogP contribution >= 0.6 is 0 Å². The number of rotatable bonds is 7. The fraction of sp³-hybridized carbons (Fsp3) is 0.615. The van der Waals surface area contributed by atoms with Gasteiger partial charge in [0.1, 0.15) is 5.69 Å². The van der Waals surface area contributed by atoms with E-state index in [9.17, 15) is 4.79 Å². The zero-order chi connectivity index (χ0) is 13.0. The third kappa shape index (κ3) is 2.91. The standard InChI is InChI=1S/C13H20N2O3/c1-18-10-8-14-6-2-3-12(14)13(17)15(7-9-16)11-4-5-11/h2-3,6,11,16H,4-5,7-10H2,1H3. The third-order valence-corrected chi connectivity index (χ3v) is 3.17. The largest absolute Gasteiger partial charge is 0.395 e. The number of carbonyl (C=O) groups is 1. The van der Waals surface area contributed by atoms with Crippen LogP contribution in [0.1, 0.15) is 23.3 Å². The minimum absolute atomic E-state index is 0.00709. The van der Waals surface area contributed by atoms with Crippen LogP contribution in [0, 0.1) is 0 Å². The number of amides is 1. The van der Waals surface area contributed by atoms with Crippen LogP contribution in [0.3, 0.4) is 0 Å². The number of hydrogen-bond donors (Lipinski definition) is 1. The quantitative estimate of drug-likeness (QED) is 0.778. The topological polar surface area (TPSA) is 54.7 Å². The summed E-state index contributed by atoms with van der Waals surface area (Å²) in [7, 11) is 1.65. The van der Waals surface area contributed by atoms with Crippen LogP contribution < -0.4 is 0 Å². The lowest BCUT2D eigenvalue weighted by molar-refractivity contribution is 0.0694. The Hall–Kier alpha value is -1.33. The number of methoxy groups -OCH3 is 1. The first-order valence-electron chi connectivity index (χ1n) is 6.34. The van der Waals surface area contributed by atoms with Crippen LogP contribution in [0.25, 0.3) is 0 Å². The Labute approximate surface area is 107 Å². The summed E-state index contributed by atoms with van der Waals surface area (Å²) in [6.07, 6.45) is 3.98. The van der Waals surface area contributed by atoms with Gasteiger partial charge >= 0.3 is 0 Å². The van der Waals surface area contributed by atoms with Crippen molar-refractivity contribution in [1.29, 1.82) is 0 Å². The Morgan fingerprint density at radius 1 is 1.61 bits per heavy atom. The normalized spacial score (nSPS) is 14.8. The highest BCUT2D eigenvalue weighted by Gasteiger charge is 2.33. The number of nitrogens with zero attached hydrogens (tertiary/aromatic N) is 2. The first kappa shape index (κ1) is 13.1. The monoisotopic (exact) mass is 252 g/mol. The van der Waals surface area contributed by atoms with Crippen LogP contribution in [0.2, 0.25) is 0 Å². The van der Waals surface area contributed by atoms with Crippen LogP contribution in [0.15, 0.2) is 18.3 Å². The van der Waals surface area contributed by atoms with Crippen LogP contribution in [-0.4, -0.2) is 53.4 Å². The summed E-state index contributed by atoms with van der Waals surface area (Å²) in [6.45, 7) is 1.68. The first-order chi connectivity index (χ1) is 8.77. The maximum Gasteiger partial charge on any atom is 0.270 e. The van der Waals surface area contributed by atoms with Gasteiger partial charge in [-0.15, -0.1) is 0 Å². The Morgan fingerprint density at radius 2 is 2.39 bits per heavy atom. The summed E-state index contributed by atoms with van der Waals surface area (Å²) in [6, 6.07) is 4.01. The van der Waals surface area contributed by atoms with E-state index in [4.69, 9.17) is 9.84 Å².